The molecular formula is C13H20IN3. The molecule has 17 heavy (non-hydrogen) atoms. The lowest BCUT2D eigenvalue weighted by Crippen LogP contribution is -2.45. The van der Waals surface area contributed by atoms with Crippen LogP contribution in [0.2, 0.25) is 0 Å². The Hall–Kier alpha value is -0.330. The highest BCUT2D eigenvalue weighted by Gasteiger charge is 2.12. The van der Waals surface area contributed by atoms with Crippen molar-refractivity contribution in [2.24, 2.45) is 0 Å². The minimum absolute atomic E-state index is 1.03. The molecule has 94 valence electrons. The Kier molecular flexibility index (Phi) is 5.06. The molecule has 4 heteroatoms. The molecule has 1 fully saturated rings. The molecule has 0 aromatic heterocycles. The van der Waals surface area contributed by atoms with E-state index in [2.05, 4.69) is 69.0 Å². The van der Waals surface area contributed by atoms with Gasteiger partial charge in [-0.1, -0.05) is 6.07 Å². The molecule has 0 amide bonds. The number of likely N-dealkylation sites (N-methyl/N-ethyl adjacent to an activating group) is 1. The first kappa shape index (κ1) is 13.1. The van der Waals surface area contributed by atoms with E-state index in [1.807, 2.05) is 0 Å². The summed E-state index contributed by atoms with van der Waals surface area (Å²) >= 11 is 2.35. The Morgan fingerprint density at radius 1 is 1.24 bits per heavy atom. The summed E-state index contributed by atoms with van der Waals surface area (Å²) < 4.78 is 1.28. The summed E-state index contributed by atoms with van der Waals surface area (Å²) in [5, 5.41) is 3.48. The van der Waals surface area contributed by atoms with Crippen molar-refractivity contribution in [1.29, 1.82) is 0 Å². The van der Waals surface area contributed by atoms with Gasteiger partial charge in [-0.3, -0.25) is 4.90 Å². The van der Waals surface area contributed by atoms with E-state index in [9.17, 15) is 0 Å². The molecule has 0 spiro atoms. The smallest absolute Gasteiger partial charge is 0.0351 e. The lowest BCUT2D eigenvalue weighted by atomic mass is 10.3. The molecule has 3 nitrogen and oxygen atoms in total. The second-order valence-corrected chi connectivity index (χ2v) is 5.83. The summed E-state index contributed by atoms with van der Waals surface area (Å²) in [7, 11) is 2.20. The zero-order valence-electron chi connectivity index (χ0n) is 10.3. The van der Waals surface area contributed by atoms with Crippen LogP contribution in [0.1, 0.15) is 0 Å². The molecule has 0 aliphatic carbocycles. The van der Waals surface area contributed by atoms with Crippen molar-refractivity contribution in [3.63, 3.8) is 0 Å². The average molecular weight is 345 g/mol. The summed E-state index contributed by atoms with van der Waals surface area (Å²) in [6.45, 7) is 6.96. The summed E-state index contributed by atoms with van der Waals surface area (Å²) in [5.74, 6) is 0. The van der Waals surface area contributed by atoms with Crippen LogP contribution in [0.5, 0.6) is 0 Å². The van der Waals surface area contributed by atoms with Crippen molar-refractivity contribution in [2.45, 2.75) is 0 Å². The van der Waals surface area contributed by atoms with Gasteiger partial charge in [0.2, 0.25) is 0 Å². The van der Waals surface area contributed by atoms with Gasteiger partial charge in [-0.2, -0.15) is 0 Å². The maximum atomic E-state index is 3.48. The van der Waals surface area contributed by atoms with Crippen LogP contribution in [0.25, 0.3) is 0 Å². The number of nitrogens with zero attached hydrogens (tertiary/aromatic N) is 2. The number of nitrogens with one attached hydrogen (secondary N) is 1. The molecule has 1 saturated heterocycles. The third kappa shape index (κ3) is 4.44. The van der Waals surface area contributed by atoms with E-state index in [-0.39, 0.29) is 0 Å². The van der Waals surface area contributed by atoms with E-state index in [0.29, 0.717) is 0 Å². The van der Waals surface area contributed by atoms with Gasteiger partial charge in [0.05, 0.1) is 0 Å². The van der Waals surface area contributed by atoms with Crippen molar-refractivity contribution < 1.29 is 0 Å². The summed E-state index contributed by atoms with van der Waals surface area (Å²) in [5.41, 5.74) is 1.23. The van der Waals surface area contributed by atoms with Crippen LogP contribution in [-0.4, -0.2) is 56.1 Å². The normalized spacial score (nSPS) is 18.2. The predicted octanol–water partition coefficient (Wildman–Crippen LogP) is 1.95. The minimum Gasteiger partial charge on any atom is -0.384 e. The molecule has 0 bridgehead atoms. The van der Waals surface area contributed by atoms with Gasteiger partial charge in [-0.15, -0.1) is 0 Å². The SMILES string of the molecule is CN1CCN(CCNc2cccc(I)c2)CC1. The van der Waals surface area contributed by atoms with E-state index in [0.717, 1.165) is 13.1 Å². The fourth-order valence-electron chi connectivity index (χ4n) is 2.03. The molecule has 2 rings (SSSR count). The van der Waals surface area contributed by atoms with Gasteiger partial charge in [0.1, 0.15) is 0 Å². The van der Waals surface area contributed by atoms with Crippen molar-refractivity contribution >= 4 is 28.3 Å². The fourth-order valence-corrected chi connectivity index (χ4v) is 2.57. The van der Waals surface area contributed by atoms with Gasteiger partial charge in [-0.05, 0) is 47.8 Å². The lowest BCUT2D eigenvalue weighted by molar-refractivity contribution is 0.158. The number of benzene rings is 1. The first-order valence-electron chi connectivity index (χ1n) is 6.14. The molecule has 1 aromatic carbocycles. The highest BCUT2D eigenvalue weighted by Crippen LogP contribution is 2.12. The third-order valence-corrected chi connectivity index (χ3v) is 3.85. The average Bonchev–Trinajstić information content (AvgIpc) is 2.32. The second-order valence-electron chi connectivity index (χ2n) is 4.58. The lowest BCUT2D eigenvalue weighted by Gasteiger charge is -2.32. The summed E-state index contributed by atoms with van der Waals surface area (Å²) in [6.07, 6.45) is 0. The number of rotatable bonds is 4. The number of halogens is 1. The molecule has 1 aromatic rings. The fraction of sp³-hybridized carbons (Fsp3) is 0.538. The van der Waals surface area contributed by atoms with Crippen LogP contribution in [0.15, 0.2) is 24.3 Å². The topological polar surface area (TPSA) is 18.5 Å². The molecule has 0 atom stereocenters. The van der Waals surface area contributed by atoms with Crippen molar-refractivity contribution in [2.75, 3.05) is 51.6 Å². The van der Waals surface area contributed by atoms with Gasteiger partial charge in [-0.25, -0.2) is 0 Å². The maximum absolute atomic E-state index is 3.48. The quantitative estimate of drug-likeness (QED) is 0.842. The van der Waals surface area contributed by atoms with Crippen molar-refractivity contribution in [3.8, 4) is 0 Å². The zero-order chi connectivity index (χ0) is 12.1. The largest absolute Gasteiger partial charge is 0.384 e. The van der Waals surface area contributed by atoms with E-state index >= 15 is 0 Å². The first-order valence-corrected chi connectivity index (χ1v) is 7.22. The van der Waals surface area contributed by atoms with Crippen LogP contribution in [0.3, 0.4) is 0 Å². The number of hydrogen-bond donors (Lipinski definition) is 1. The van der Waals surface area contributed by atoms with E-state index < -0.39 is 0 Å². The highest BCUT2D eigenvalue weighted by molar-refractivity contribution is 14.1. The Morgan fingerprint density at radius 2 is 2.00 bits per heavy atom. The molecule has 0 unspecified atom stereocenters. The highest BCUT2D eigenvalue weighted by atomic mass is 127. The molecule has 0 radical (unpaired) electrons. The van der Waals surface area contributed by atoms with Crippen molar-refractivity contribution in [1.82, 2.24) is 9.80 Å². The second kappa shape index (κ2) is 6.56. The Balaban J connectivity index is 1.69. The first-order chi connectivity index (χ1) is 8.24. The summed E-state index contributed by atoms with van der Waals surface area (Å²) in [6, 6.07) is 8.53. The van der Waals surface area contributed by atoms with Gasteiger partial charge < -0.3 is 10.2 Å². The molecular weight excluding hydrogens is 325 g/mol. The van der Waals surface area contributed by atoms with Crippen LogP contribution in [-0.2, 0) is 0 Å². The van der Waals surface area contributed by atoms with Crippen LogP contribution in [0, 0.1) is 3.57 Å². The standard InChI is InChI=1S/C13H20IN3/c1-16-7-9-17(10-8-16)6-5-15-13-4-2-3-12(14)11-13/h2-4,11,15H,5-10H2,1H3. The molecule has 1 aliphatic heterocycles. The molecule has 1 N–H and O–H groups in total. The van der Waals surface area contributed by atoms with Gasteiger partial charge in [0.25, 0.3) is 0 Å². The van der Waals surface area contributed by atoms with Gasteiger partial charge >= 0.3 is 0 Å². The van der Waals surface area contributed by atoms with Gasteiger partial charge in [0.15, 0.2) is 0 Å². The van der Waals surface area contributed by atoms with Crippen LogP contribution >= 0.6 is 22.6 Å². The monoisotopic (exact) mass is 345 g/mol. The number of hydrogen-bond acceptors (Lipinski definition) is 3. The number of piperazine rings is 1. The van der Waals surface area contributed by atoms with E-state index in [4.69, 9.17) is 0 Å². The van der Waals surface area contributed by atoms with Crippen LogP contribution in [0.4, 0.5) is 5.69 Å². The molecule has 1 heterocycles. The van der Waals surface area contributed by atoms with Gasteiger partial charge in [0, 0.05) is 48.5 Å². The van der Waals surface area contributed by atoms with Crippen LogP contribution < -0.4 is 5.32 Å². The maximum Gasteiger partial charge on any atom is 0.0351 e. The van der Waals surface area contributed by atoms with E-state index in [1.165, 1.54) is 35.4 Å². The Morgan fingerprint density at radius 3 is 2.71 bits per heavy atom. The predicted molar refractivity (Wildman–Crippen MR) is 81.6 cm³/mol. The summed E-state index contributed by atoms with van der Waals surface area (Å²) in [4.78, 5) is 4.92. The van der Waals surface area contributed by atoms with Crippen molar-refractivity contribution in [3.05, 3.63) is 27.8 Å². The molecule has 1 aliphatic rings. The minimum atomic E-state index is 1.03. The third-order valence-electron chi connectivity index (χ3n) is 3.18. The Bertz CT molecular complexity index is 348. The number of anilines is 1. The Labute approximate surface area is 117 Å². The zero-order valence-corrected chi connectivity index (χ0v) is 12.5. The van der Waals surface area contributed by atoms with E-state index in [1.54, 1.807) is 0 Å². The molecule has 0 saturated carbocycles.